The van der Waals surface area contributed by atoms with E-state index >= 15 is 0 Å². The van der Waals surface area contributed by atoms with Gasteiger partial charge >= 0.3 is 5.97 Å². The summed E-state index contributed by atoms with van der Waals surface area (Å²) >= 11 is 1.74. The van der Waals surface area contributed by atoms with Gasteiger partial charge in [-0.05, 0) is 49.2 Å². The third kappa shape index (κ3) is 3.86. The quantitative estimate of drug-likeness (QED) is 0.506. The van der Waals surface area contributed by atoms with Crippen LogP contribution in [0.5, 0.6) is 0 Å². The summed E-state index contributed by atoms with van der Waals surface area (Å²) < 4.78 is 5.38. The highest BCUT2D eigenvalue weighted by Gasteiger charge is 2.31. The van der Waals surface area contributed by atoms with Gasteiger partial charge in [0.25, 0.3) is 5.91 Å². The number of hydrogen-bond donors (Lipinski definition) is 0. The molecule has 0 spiro atoms. The molecule has 0 bridgehead atoms. The Labute approximate surface area is 192 Å². The molecule has 0 radical (unpaired) electrons. The van der Waals surface area contributed by atoms with Gasteiger partial charge in [-0.3, -0.25) is 9.59 Å². The van der Waals surface area contributed by atoms with Crippen LogP contribution in [-0.2, 0) is 20.7 Å². The Hall–Kier alpha value is -3.25. The van der Waals surface area contributed by atoms with Crippen LogP contribution < -0.4 is 9.80 Å². The van der Waals surface area contributed by atoms with Crippen molar-refractivity contribution in [3.63, 3.8) is 0 Å². The average Bonchev–Trinajstić information content (AvgIpc) is 3.16. The molecule has 162 valence electrons. The van der Waals surface area contributed by atoms with Gasteiger partial charge < -0.3 is 14.5 Å². The summed E-state index contributed by atoms with van der Waals surface area (Å²) in [4.78, 5) is 31.6. The van der Waals surface area contributed by atoms with Crippen LogP contribution in [0.1, 0.15) is 18.9 Å². The van der Waals surface area contributed by atoms with Crippen molar-refractivity contribution in [2.45, 2.75) is 35.6 Å². The molecule has 6 heteroatoms. The lowest BCUT2D eigenvalue weighted by Crippen LogP contribution is -2.38. The summed E-state index contributed by atoms with van der Waals surface area (Å²) in [5.41, 5.74) is 4.24. The SMILES string of the molecule is CC1Cc2ccccc2N1C(=O)COC(=O)CCN1c2ccccc2Sc2ccccc21. The highest BCUT2D eigenvalue weighted by atomic mass is 32.2. The van der Waals surface area contributed by atoms with E-state index in [1.165, 1.54) is 0 Å². The van der Waals surface area contributed by atoms with Crippen LogP contribution in [0.4, 0.5) is 17.1 Å². The zero-order valence-electron chi connectivity index (χ0n) is 17.9. The minimum absolute atomic E-state index is 0.0671. The third-order valence-corrected chi connectivity index (χ3v) is 7.03. The number of nitrogens with zero attached hydrogens (tertiary/aromatic N) is 2. The predicted octanol–water partition coefficient (Wildman–Crippen LogP) is 5.20. The van der Waals surface area contributed by atoms with Crippen molar-refractivity contribution in [2.24, 2.45) is 0 Å². The van der Waals surface area contributed by atoms with Crippen LogP contribution in [0.3, 0.4) is 0 Å². The maximum atomic E-state index is 12.8. The van der Waals surface area contributed by atoms with Crippen LogP contribution in [0.15, 0.2) is 82.6 Å². The van der Waals surface area contributed by atoms with Crippen molar-refractivity contribution in [3.05, 3.63) is 78.4 Å². The lowest BCUT2D eigenvalue weighted by Gasteiger charge is -2.32. The van der Waals surface area contributed by atoms with Crippen LogP contribution in [0.2, 0.25) is 0 Å². The number of esters is 1. The number of fused-ring (bicyclic) bond motifs is 3. The number of rotatable bonds is 5. The molecule has 5 rings (SSSR count). The van der Waals surface area contributed by atoms with Crippen molar-refractivity contribution < 1.29 is 14.3 Å². The molecule has 3 aromatic carbocycles. The van der Waals surface area contributed by atoms with E-state index in [4.69, 9.17) is 4.74 Å². The molecule has 1 amide bonds. The average molecular weight is 445 g/mol. The summed E-state index contributed by atoms with van der Waals surface area (Å²) in [5.74, 6) is -0.549. The van der Waals surface area contributed by atoms with Crippen LogP contribution >= 0.6 is 11.8 Å². The Balaban J connectivity index is 1.22. The molecule has 5 nitrogen and oxygen atoms in total. The standard InChI is InChI=1S/C26H24N2O3S/c1-18-16-19-8-2-3-9-20(19)28(18)25(29)17-31-26(30)14-15-27-21-10-4-6-12-23(21)32-24-13-7-5-11-22(24)27/h2-13,18H,14-17H2,1H3. The molecule has 2 heterocycles. The first-order valence-corrected chi connectivity index (χ1v) is 11.6. The van der Waals surface area contributed by atoms with E-state index in [0.717, 1.165) is 38.8 Å². The molecule has 3 aromatic rings. The Bertz CT molecular complexity index is 1130. The van der Waals surface area contributed by atoms with E-state index in [2.05, 4.69) is 29.2 Å². The first-order chi connectivity index (χ1) is 15.6. The molecule has 0 aliphatic carbocycles. The molecule has 0 saturated heterocycles. The fraction of sp³-hybridized carbons (Fsp3) is 0.231. The molecule has 0 aromatic heterocycles. The van der Waals surface area contributed by atoms with Crippen molar-refractivity contribution in [1.29, 1.82) is 0 Å². The Morgan fingerprint density at radius 2 is 1.50 bits per heavy atom. The number of carbonyl (C=O) groups excluding carboxylic acids is 2. The first kappa shape index (κ1) is 20.6. The van der Waals surface area contributed by atoms with Gasteiger partial charge in [0, 0.05) is 28.1 Å². The molecule has 2 aliphatic rings. The molecule has 0 fully saturated rings. The maximum absolute atomic E-state index is 12.8. The van der Waals surface area contributed by atoms with Crippen molar-refractivity contribution >= 4 is 40.7 Å². The van der Waals surface area contributed by atoms with Crippen LogP contribution in [0.25, 0.3) is 0 Å². The van der Waals surface area contributed by atoms with E-state index in [9.17, 15) is 9.59 Å². The van der Waals surface area contributed by atoms with Gasteiger partial charge in [0.2, 0.25) is 0 Å². The molecule has 0 N–H and O–H groups in total. The highest BCUT2D eigenvalue weighted by Crippen LogP contribution is 2.47. The lowest BCUT2D eigenvalue weighted by atomic mass is 10.1. The fourth-order valence-electron chi connectivity index (χ4n) is 4.45. The van der Waals surface area contributed by atoms with E-state index in [-0.39, 0.29) is 30.9 Å². The lowest BCUT2D eigenvalue weighted by molar-refractivity contribution is -0.147. The van der Waals surface area contributed by atoms with E-state index in [0.29, 0.717) is 6.54 Å². The van der Waals surface area contributed by atoms with Gasteiger partial charge in [0.1, 0.15) is 0 Å². The number of ether oxygens (including phenoxy) is 1. The second kappa shape index (κ2) is 8.71. The molecule has 0 saturated carbocycles. The normalized spacial score (nSPS) is 16.2. The van der Waals surface area contributed by atoms with Gasteiger partial charge in [-0.1, -0.05) is 54.2 Å². The summed E-state index contributed by atoms with van der Waals surface area (Å²) in [5, 5.41) is 0. The van der Waals surface area contributed by atoms with E-state index < -0.39 is 0 Å². The molecule has 1 unspecified atom stereocenters. The maximum Gasteiger partial charge on any atom is 0.308 e. The molecule has 2 aliphatic heterocycles. The monoisotopic (exact) mass is 444 g/mol. The minimum atomic E-state index is -0.369. The number of benzene rings is 3. The smallest absolute Gasteiger partial charge is 0.308 e. The van der Waals surface area contributed by atoms with Gasteiger partial charge in [-0.15, -0.1) is 0 Å². The van der Waals surface area contributed by atoms with E-state index in [1.54, 1.807) is 16.7 Å². The fourth-order valence-corrected chi connectivity index (χ4v) is 5.55. The van der Waals surface area contributed by atoms with Crippen molar-refractivity contribution in [1.82, 2.24) is 0 Å². The number of carbonyl (C=O) groups is 2. The summed E-state index contributed by atoms with van der Waals surface area (Å²) in [7, 11) is 0. The van der Waals surface area contributed by atoms with Gasteiger partial charge in [-0.2, -0.15) is 0 Å². The zero-order chi connectivity index (χ0) is 22.1. The molecule has 1 atom stereocenters. The number of amides is 1. The second-order valence-corrected chi connectivity index (χ2v) is 9.13. The Kier molecular flexibility index (Phi) is 5.62. The third-order valence-electron chi connectivity index (χ3n) is 5.90. The summed E-state index contributed by atoms with van der Waals surface area (Å²) in [6.45, 7) is 2.27. The van der Waals surface area contributed by atoms with Gasteiger partial charge in [0.05, 0.1) is 17.8 Å². The highest BCUT2D eigenvalue weighted by molar-refractivity contribution is 7.99. The Morgan fingerprint density at radius 1 is 0.906 bits per heavy atom. The van der Waals surface area contributed by atoms with Crippen LogP contribution in [-0.4, -0.2) is 31.1 Å². The summed E-state index contributed by atoms with van der Waals surface area (Å²) in [6, 6.07) is 24.3. The molecule has 32 heavy (non-hydrogen) atoms. The van der Waals surface area contributed by atoms with Crippen LogP contribution in [0, 0.1) is 0 Å². The second-order valence-electron chi connectivity index (χ2n) is 8.05. The Morgan fingerprint density at radius 3 is 2.19 bits per heavy atom. The largest absolute Gasteiger partial charge is 0.455 e. The predicted molar refractivity (Wildman–Crippen MR) is 127 cm³/mol. The first-order valence-electron chi connectivity index (χ1n) is 10.8. The van der Waals surface area contributed by atoms with Crippen molar-refractivity contribution in [3.8, 4) is 0 Å². The molecular formula is C26H24N2O3S. The van der Waals surface area contributed by atoms with Gasteiger partial charge in [-0.25, -0.2) is 0 Å². The van der Waals surface area contributed by atoms with Crippen molar-refractivity contribution in [2.75, 3.05) is 23.0 Å². The summed E-state index contributed by atoms with van der Waals surface area (Å²) in [6.07, 6.45) is 1.02. The topological polar surface area (TPSA) is 49.9 Å². The number of hydrogen-bond acceptors (Lipinski definition) is 5. The van der Waals surface area contributed by atoms with E-state index in [1.807, 2.05) is 55.5 Å². The van der Waals surface area contributed by atoms with Gasteiger partial charge in [0.15, 0.2) is 6.61 Å². The zero-order valence-corrected chi connectivity index (χ0v) is 18.7. The number of anilines is 3. The number of para-hydroxylation sites is 3. The molecular weight excluding hydrogens is 420 g/mol. The minimum Gasteiger partial charge on any atom is -0.455 e.